The van der Waals surface area contributed by atoms with Crippen LogP contribution in [0.5, 0.6) is 0 Å². The topological polar surface area (TPSA) is 82.3 Å². The van der Waals surface area contributed by atoms with Crippen molar-refractivity contribution in [1.82, 2.24) is 30.5 Å². The Labute approximate surface area is 195 Å². The van der Waals surface area contributed by atoms with Gasteiger partial charge in [0.2, 0.25) is 0 Å². The smallest absolute Gasteiger partial charge is 0.159 e. The van der Waals surface area contributed by atoms with Gasteiger partial charge in [0.15, 0.2) is 5.82 Å². The summed E-state index contributed by atoms with van der Waals surface area (Å²) < 4.78 is 0. The molecule has 0 saturated carbocycles. The van der Waals surface area contributed by atoms with Gasteiger partial charge >= 0.3 is 0 Å². The number of pyridine rings is 1. The van der Waals surface area contributed by atoms with E-state index in [-0.39, 0.29) is 5.41 Å². The Morgan fingerprint density at radius 1 is 1.21 bits per heavy atom. The number of hydrogen-bond donors (Lipinski definition) is 3. The van der Waals surface area contributed by atoms with Crippen molar-refractivity contribution >= 4 is 22.6 Å². The molecule has 0 saturated heterocycles. The first-order valence-electron chi connectivity index (χ1n) is 10.8. The van der Waals surface area contributed by atoms with Crippen molar-refractivity contribution in [2.75, 3.05) is 0 Å². The van der Waals surface area contributed by atoms with Crippen LogP contribution >= 0.6 is 0 Å². The second-order valence-corrected chi connectivity index (χ2v) is 8.78. The predicted molar refractivity (Wildman–Crippen MR) is 139 cm³/mol. The van der Waals surface area contributed by atoms with Crippen molar-refractivity contribution in [3.63, 3.8) is 0 Å². The van der Waals surface area contributed by atoms with Crippen molar-refractivity contribution in [1.29, 1.82) is 0 Å². The van der Waals surface area contributed by atoms with Gasteiger partial charge in [0.1, 0.15) is 5.69 Å². The fraction of sp³-hybridized carbons (Fsp3) is 0.222. The van der Waals surface area contributed by atoms with Crippen molar-refractivity contribution < 1.29 is 0 Å². The summed E-state index contributed by atoms with van der Waals surface area (Å²) in [5, 5.41) is 11.9. The Morgan fingerprint density at radius 2 is 1.97 bits per heavy atom. The second-order valence-electron chi connectivity index (χ2n) is 8.78. The Balaban J connectivity index is 2.01. The number of aryl methyl sites for hydroxylation is 1. The average Bonchev–Trinajstić information content (AvgIpc) is 3.36. The number of nitrogens with zero attached hydrogens (tertiary/aromatic N) is 3. The van der Waals surface area contributed by atoms with E-state index in [1.54, 1.807) is 18.3 Å². The quantitative estimate of drug-likeness (QED) is 0.350. The van der Waals surface area contributed by atoms with Crippen LogP contribution in [-0.2, 0) is 0 Å². The van der Waals surface area contributed by atoms with Crippen LogP contribution in [-0.4, -0.2) is 25.1 Å². The zero-order chi connectivity index (χ0) is 24.2. The molecule has 6 nitrogen and oxygen atoms in total. The largest absolute Gasteiger partial charge is 0.359 e. The van der Waals surface area contributed by atoms with Crippen LogP contribution < -0.4 is 5.32 Å². The standard InChI is InChI=1S/C27H32N6/c1-9-12-13-22-17(4)29-26(31-22)25-21-15-23(28-16-24(21)32-33-25)19(10-2)14-20(11-3)30-18(5)27(6,7)8/h9-16,30H,1,3,5H2,2,4,6-8H3,(H,29,31)(H,32,33)/b13-12-,19-10+,20-14+. The summed E-state index contributed by atoms with van der Waals surface area (Å²) in [5.41, 5.74) is 6.90. The van der Waals surface area contributed by atoms with E-state index in [2.05, 4.69) is 66.0 Å². The van der Waals surface area contributed by atoms with Crippen LogP contribution in [0.3, 0.4) is 0 Å². The van der Waals surface area contributed by atoms with E-state index < -0.39 is 0 Å². The van der Waals surface area contributed by atoms with E-state index in [0.717, 1.165) is 50.6 Å². The molecule has 0 aliphatic rings. The van der Waals surface area contributed by atoms with Gasteiger partial charge in [-0.25, -0.2) is 4.98 Å². The van der Waals surface area contributed by atoms with Gasteiger partial charge in [-0.1, -0.05) is 58.7 Å². The molecular weight excluding hydrogens is 408 g/mol. The second kappa shape index (κ2) is 9.69. The van der Waals surface area contributed by atoms with Gasteiger partial charge in [0, 0.05) is 27.9 Å². The molecule has 3 N–H and O–H groups in total. The number of imidazole rings is 1. The van der Waals surface area contributed by atoms with Gasteiger partial charge in [0.05, 0.1) is 23.1 Å². The molecule has 0 aliphatic carbocycles. The molecule has 3 aromatic heterocycles. The molecule has 3 heterocycles. The third-order valence-electron chi connectivity index (χ3n) is 5.32. The molecule has 3 rings (SSSR count). The van der Waals surface area contributed by atoms with Crippen LogP contribution in [0.25, 0.3) is 34.1 Å². The van der Waals surface area contributed by atoms with E-state index in [1.165, 1.54) is 0 Å². The van der Waals surface area contributed by atoms with E-state index in [9.17, 15) is 0 Å². The number of aromatic nitrogens is 5. The lowest BCUT2D eigenvalue weighted by molar-refractivity contribution is 0.478. The first-order chi connectivity index (χ1) is 15.7. The molecule has 0 radical (unpaired) electrons. The molecular formula is C27H32N6. The van der Waals surface area contributed by atoms with Gasteiger partial charge in [-0.05, 0) is 43.7 Å². The number of H-pyrrole nitrogens is 2. The van der Waals surface area contributed by atoms with Crippen molar-refractivity contribution in [3.8, 4) is 11.5 Å². The summed E-state index contributed by atoms with van der Waals surface area (Å²) in [5.74, 6) is 0.701. The molecule has 0 bridgehead atoms. The van der Waals surface area contributed by atoms with E-state index in [0.29, 0.717) is 5.82 Å². The third kappa shape index (κ3) is 5.29. The first-order valence-corrected chi connectivity index (χ1v) is 10.8. The zero-order valence-electron chi connectivity index (χ0n) is 20.1. The normalized spacial score (nSPS) is 13.0. The van der Waals surface area contributed by atoms with E-state index in [4.69, 9.17) is 4.98 Å². The van der Waals surface area contributed by atoms with Crippen LogP contribution in [0.1, 0.15) is 44.8 Å². The summed E-state index contributed by atoms with van der Waals surface area (Å²) in [6.45, 7) is 22.1. The van der Waals surface area contributed by atoms with Crippen LogP contribution in [0.15, 0.2) is 73.8 Å². The molecule has 33 heavy (non-hydrogen) atoms. The average molecular weight is 441 g/mol. The zero-order valence-corrected chi connectivity index (χ0v) is 20.1. The SMILES string of the molecule is C=C/C=C\c1nc(-c2n[nH]c3cnc(C(/C=C(\C=C)NC(=C)C(C)(C)C)=C/C)cc23)[nH]c1C. The number of hydrogen-bond acceptors (Lipinski definition) is 4. The highest BCUT2D eigenvalue weighted by Gasteiger charge is 2.17. The first kappa shape index (κ1) is 23.7. The lowest BCUT2D eigenvalue weighted by Gasteiger charge is -2.23. The maximum Gasteiger partial charge on any atom is 0.159 e. The minimum Gasteiger partial charge on any atom is -0.359 e. The molecule has 0 aliphatic heterocycles. The van der Waals surface area contributed by atoms with Crippen molar-refractivity contribution in [2.24, 2.45) is 5.41 Å². The number of aromatic amines is 2. The Kier molecular flexibility index (Phi) is 6.97. The maximum atomic E-state index is 4.70. The number of nitrogens with one attached hydrogen (secondary N) is 3. The maximum absolute atomic E-state index is 4.70. The van der Waals surface area contributed by atoms with Crippen molar-refractivity contribution in [3.05, 3.63) is 90.9 Å². The lowest BCUT2D eigenvalue weighted by atomic mass is 9.92. The fourth-order valence-electron chi connectivity index (χ4n) is 3.14. The van der Waals surface area contributed by atoms with Gasteiger partial charge in [-0.2, -0.15) is 5.10 Å². The summed E-state index contributed by atoms with van der Waals surface area (Å²) in [4.78, 5) is 12.7. The predicted octanol–water partition coefficient (Wildman–Crippen LogP) is 6.48. The molecule has 6 heteroatoms. The highest BCUT2D eigenvalue weighted by Crippen LogP contribution is 2.28. The summed E-state index contributed by atoms with van der Waals surface area (Å²) >= 11 is 0. The highest BCUT2D eigenvalue weighted by molar-refractivity contribution is 5.93. The van der Waals surface area contributed by atoms with Gasteiger partial charge in [0.25, 0.3) is 0 Å². The number of fused-ring (bicyclic) bond motifs is 1. The Hall–Kier alpha value is -3.93. The molecule has 0 amide bonds. The lowest BCUT2D eigenvalue weighted by Crippen LogP contribution is -2.22. The molecule has 3 aromatic rings. The van der Waals surface area contributed by atoms with Crippen LogP contribution in [0, 0.1) is 12.3 Å². The van der Waals surface area contributed by atoms with Crippen molar-refractivity contribution in [2.45, 2.75) is 34.6 Å². The summed E-state index contributed by atoms with van der Waals surface area (Å²) in [6, 6.07) is 2.02. The molecule has 0 aromatic carbocycles. The van der Waals surface area contributed by atoms with Gasteiger partial charge < -0.3 is 10.3 Å². The minimum atomic E-state index is -0.0675. The highest BCUT2D eigenvalue weighted by atomic mass is 15.1. The monoisotopic (exact) mass is 440 g/mol. The molecule has 0 spiro atoms. The van der Waals surface area contributed by atoms with E-state index in [1.807, 2.05) is 44.2 Å². The molecule has 170 valence electrons. The molecule has 0 unspecified atom stereocenters. The fourth-order valence-corrected chi connectivity index (χ4v) is 3.14. The van der Waals surface area contributed by atoms with Gasteiger partial charge in [-0.15, -0.1) is 0 Å². The molecule has 0 fully saturated rings. The Bertz CT molecular complexity index is 1290. The van der Waals surface area contributed by atoms with Gasteiger partial charge in [-0.3, -0.25) is 10.1 Å². The Morgan fingerprint density at radius 3 is 2.61 bits per heavy atom. The number of rotatable bonds is 8. The van der Waals surface area contributed by atoms with Crippen LogP contribution in [0.4, 0.5) is 0 Å². The number of allylic oxidation sites excluding steroid dienone is 7. The van der Waals surface area contributed by atoms with E-state index >= 15 is 0 Å². The minimum absolute atomic E-state index is 0.0675. The van der Waals surface area contributed by atoms with Crippen LogP contribution in [0.2, 0.25) is 0 Å². The summed E-state index contributed by atoms with van der Waals surface area (Å²) in [7, 11) is 0. The molecule has 0 atom stereocenters. The summed E-state index contributed by atoms with van der Waals surface area (Å²) in [6.07, 6.45) is 13.1. The third-order valence-corrected chi connectivity index (χ3v) is 5.32.